The van der Waals surface area contributed by atoms with Crippen LogP contribution in [0, 0.1) is 6.92 Å². The van der Waals surface area contributed by atoms with E-state index in [4.69, 9.17) is 0 Å². The predicted molar refractivity (Wildman–Crippen MR) is 66.2 cm³/mol. The van der Waals surface area contributed by atoms with Gasteiger partial charge in [0.05, 0.1) is 10.7 Å². The number of aromatic nitrogens is 1. The molecule has 0 aliphatic heterocycles. The normalized spacial score (nSPS) is 10.3. The number of benzene rings is 1. The summed E-state index contributed by atoms with van der Waals surface area (Å²) < 4.78 is 0. The highest BCUT2D eigenvalue weighted by molar-refractivity contribution is 7.98. The van der Waals surface area contributed by atoms with E-state index in [-0.39, 0.29) is 0 Å². The fraction of sp³-hybridized carbons (Fsp3) is 0.154. The molecule has 0 aliphatic rings. The molecule has 15 heavy (non-hydrogen) atoms. The number of hydrogen-bond donors (Lipinski definition) is 0. The van der Waals surface area contributed by atoms with Gasteiger partial charge in [-0.25, -0.2) is 4.98 Å². The summed E-state index contributed by atoms with van der Waals surface area (Å²) in [6, 6.07) is 14.5. The van der Waals surface area contributed by atoms with E-state index in [9.17, 15) is 0 Å². The van der Waals surface area contributed by atoms with Gasteiger partial charge in [-0.15, -0.1) is 11.8 Å². The van der Waals surface area contributed by atoms with Crippen molar-refractivity contribution in [2.75, 3.05) is 6.26 Å². The Morgan fingerprint density at radius 1 is 1.00 bits per heavy atom. The molecule has 0 N–H and O–H groups in total. The van der Waals surface area contributed by atoms with Crippen LogP contribution in [0.1, 0.15) is 5.56 Å². The Hall–Kier alpha value is -1.28. The molecule has 0 fully saturated rings. The third-order valence-electron chi connectivity index (χ3n) is 2.35. The number of aryl methyl sites for hydroxylation is 1. The third-order valence-corrected chi connectivity index (χ3v) is 3.00. The maximum absolute atomic E-state index is 4.59. The molecule has 0 aliphatic carbocycles. The minimum atomic E-state index is 1.06. The van der Waals surface area contributed by atoms with E-state index in [0.717, 1.165) is 10.7 Å². The van der Waals surface area contributed by atoms with Gasteiger partial charge in [-0.1, -0.05) is 30.3 Å². The molecular formula is C13H13NS. The maximum Gasteiger partial charge on any atom is 0.0964 e. The molecule has 0 saturated heterocycles. The molecule has 0 spiro atoms. The van der Waals surface area contributed by atoms with Gasteiger partial charge in [0.2, 0.25) is 0 Å². The van der Waals surface area contributed by atoms with Gasteiger partial charge in [-0.3, -0.25) is 0 Å². The van der Waals surface area contributed by atoms with Crippen LogP contribution in [0.4, 0.5) is 0 Å². The molecule has 2 heteroatoms. The van der Waals surface area contributed by atoms with Crippen LogP contribution in [0.15, 0.2) is 47.5 Å². The average molecular weight is 215 g/mol. The predicted octanol–water partition coefficient (Wildman–Crippen LogP) is 3.78. The van der Waals surface area contributed by atoms with E-state index in [1.54, 1.807) is 11.8 Å². The Balaban J connectivity index is 2.49. The second kappa shape index (κ2) is 4.49. The maximum atomic E-state index is 4.59. The zero-order valence-corrected chi connectivity index (χ0v) is 9.71. The van der Waals surface area contributed by atoms with Crippen molar-refractivity contribution in [3.8, 4) is 11.3 Å². The van der Waals surface area contributed by atoms with Crippen molar-refractivity contribution in [3.63, 3.8) is 0 Å². The summed E-state index contributed by atoms with van der Waals surface area (Å²) in [6.45, 7) is 2.11. The Labute approximate surface area is 94.6 Å². The molecule has 0 radical (unpaired) electrons. The van der Waals surface area contributed by atoms with Crippen LogP contribution in [0.3, 0.4) is 0 Å². The highest BCUT2D eigenvalue weighted by atomic mass is 32.2. The molecule has 1 aromatic carbocycles. The molecule has 0 saturated carbocycles. The minimum Gasteiger partial charge on any atom is -0.241 e. The number of pyridine rings is 1. The van der Waals surface area contributed by atoms with Crippen molar-refractivity contribution in [1.29, 1.82) is 0 Å². The van der Waals surface area contributed by atoms with Crippen LogP contribution in [0.2, 0.25) is 0 Å². The van der Waals surface area contributed by atoms with Crippen LogP contribution in [-0.2, 0) is 0 Å². The lowest BCUT2D eigenvalue weighted by atomic mass is 10.1. The fourth-order valence-electron chi connectivity index (χ4n) is 1.54. The van der Waals surface area contributed by atoms with Gasteiger partial charge in [-0.2, -0.15) is 0 Å². The van der Waals surface area contributed by atoms with E-state index in [0.29, 0.717) is 0 Å². The van der Waals surface area contributed by atoms with Crippen LogP contribution in [0.25, 0.3) is 11.3 Å². The van der Waals surface area contributed by atoms with Crippen LogP contribution in [-0.4, -0.2) is 11.2 Å². The monoisotopic (exact) mass is 215 g/mol. The summed E-state index contributed by atoms with van der Waals surface area (Å²) >= 11 is 1.67. The molecule has 0 atom stereocenters. The van der Waals surface area contributed by atoms with Crippen molar-refractivity contribution in [2.45, 2.75) is 11.9 Å². The number of nitrogens with zero attached hydrogens (tertiary/aromatic N) is 1. The molecule has 2 rings (SSSR count). The summed E-state index contributed by atoms with van der Waals surface area (Å²) in [5.41, 5.74) is 3.54. The molecule has 1 heterocycles. The van der Waals surface area contributed by atoms with E-state index in [2.05, 4.69) is 48.3 Å². The third kappa shape index (κ3) is 2.21. The lowest BCUT2D eigenvalue weighted by Gasteiger charge is -2.05. The van der Waals surface area contributed by atoms with Gasteiger partial charge in [0.1, 0.15) is 0 Å². The van der Waals surface area contributed by atoms with Crippen molar-refractivity contribution in [2.24, 2.45) is 0 Å². The lowest BCUT2D eigenvalue weighted by Crippen LogP contribution is -1.87. The molecule has 2 aromatic rings. The van der Waals surface area contributed by atoms with Gasteiger partial charge in [0, 0.05) is 5.56 Å². The van der Waals surface area contributed by atoms with E-state index < -0.39 is 0 Å². The number of hydrogen-bond acceptors (Lipinski definition) is 2. The van der Waals surface area contributed by atoms with E-state index >= 15 is 0 Å². The van der Waals surface area contributed by atoms with E-state index in [1.807, 2.05) is 12.3 Å². The van der Waals surface area contributed by atoms with Gasteiger partial charge in [0.25, 0.3) is 0 Å². The largest absolute Gasteiger partial charge is 0.241 e. The Morgan fingerprint density at radius 3 is 2.53 bits per heavy atom. The standard InChI is InChI=1S/C13H13NS/c1-10-6-3-4-7-11(10)12-8-5-9-13(14-12)15-2/h3-9H,1-2H3. The smallest absolute Gasteiger partial charge is 0.0964 e. The zero-order chi connectivity index (χ0) is 10.7. The van der Waals surface area contributed by atoms with Crippen molar-refractivity contribution in [3.05, 3.63) is 48.0 Å². The van der Waals surface area contributed by atoms with Crippen LogP contribution in [0.5, 0.6) is 0 Å². The van der Waals surface area contributed by atoms with Crippen molar-refractivity contribution >= 4 is 11.8 Å². The number of thioether (sulfide) groups is 1. The first-order valence-electron chi connectivity index (χ1n) is 4.88. The van der Waals surface area contributed by atoms with Gasteiger partial charge < -0.3 is 0 Å². The summed E-state index contributed by atoms with van der Waals surface area (Å²) in [6.07, 6.45) is 2.05. The quantitative estimate of drug-likeness (QED) is 0.707. The molecule has 1 nitrogen and oxygen atoms in total. The first-order valence-corrected chi connectivity index (χ1v) is 6.11. The topological polar surface area (TPSA) is 12.9 Å². The minimum absolute atomic E-state index is 1.06. The Morgan fingerprint density at radius 2 is 1.80 bits per heavy atom. The Kier molecular flexibility index (Phi) is 3.07. The second-order valence-corrected chi connectivity index (χ2v) is 4.21. The van der Waals surface area contributed by atoms with E-state index in [1.165, 1.54) is 11.1 Å². The average Bonchev–Trinajstić information content (AvgIpc) is 2.30. The summed E-state index contributed by atoms with van der Waals surface area (Å²) in [4.78, 5) is 4.59. The first kappa shape index (κ1) is 10.2. The van der Waals surface area contributed by atoms with Crippen LogP contribution >= 0.6 is 11.8 Å². The Bertz CT molecular complexity index is 466. The second-order valence-electron chi connectivity index (χ2n) is 3.38. The molecule has 0 bridgehead atoms. The SMILES string of the molecule is CSc1cccc(-c2ccccc2C)n1. The summed E-state index contributed by atoms with van der Waals surface area (Å²) in [5, 5.41) is 1.07. The highest BCUT2D eigenvalue weighted by Gasteiger charge is 2.02. The summed E-state index contributed by atoms with van der Waals surface area (Å²) in [5.74, 6) is 0. The van der Waals surface area contributed by atoms with Crippen molar-refractivity contribution in [1.82, 2.24) is 4.98 Å². The van der Waals surface area contributed by atoms with Gasteiger partial charge >= 0.3 is 0 Å². The van der Waals surface area contributed by atoms with Gasteiger partial charge in [0.15, 0.2) is 0 Å². The molecule has 76 valence electrons. The zero-order valence-electron chi connectivity index (χ0n) is 8.90. The number of rotatable bonds is 2. The highest BCUT2D eigenvalue weighted by Crippen LogP contribution is 2.23. The molecule has 1 aromatic heterocycles. The van der Waals surface area contributed by atoms with Gasteiger partial charge in [-0.05, 0) is 30.9 Å². The molecular weight excluding hydrogens is 202 g/mol. The summed E-state index contributed by atoms with van der Waals surface area (Å²) in [7, 11) is 0. The first-order chi connectivity index (χ1) is 7.31. The van der Waals surface area contributed by atoms with Crippen LogP contribution < -0.4 is 0 Å². The molecule has 0 unspecified atom stereocenters. The fourth-order valence-corrected chi connectivity index (χ4v) is 1.94. The lowest BCUT2D eigenvalue weighted by molar-refractivity contribution is 1.14. The van der Waals surface area contributed by atoms with Crippen molar-refractivity contribution < 1.29 is 0 Å². The molecule has 0 amide bonds.